The highest BCUT2D eigenvalue weighted by atomic mass is 19.1. The molecular formula is C16H22F2N2. The molecule has 2 saturated carbocycles. The van der Waals surface area contributed by atoms with Crippen LogP contribution in [0.1, 0.15) is 37.7 Å². The van der Waals surface area contributed by atoms with Crippen molar-refractivity contribution in [3.63, 3.8) is 0 Å². The number of hydrazine groups is 1. The largest absolute Gasteiger partial charge is 0.271 e. The molecule has 0 spiro atoms. The Hall–Kier alpha value is -1.00. The average Bonchev–Trinajstić information content (AvgIpc) is 3.04. The van der Waals surface area contributed by atoms with Crippen molar-refractivity contribution in [3.8, 4) is 0 Å². The molecular weight excluding hydrogens is 258 g/mol. The van der Waals surface area contributed by atoms with Gasteiger partial charge >= 0.3 is 0 Å². The summed E-state index contributed by atoms with van der Waals surface area (Å²) < 4.78 is 27.4. The van der Waals surface area contributed by atoms with E-state index in [0.29, 0.717) is 12.3 Å². The zero-order chi connectivity index (χ0) is 14.1. The lowest BCUT2D eigenvalue weighted by Crippen LogP contribution is -2.39. The molecule has 0 amide bonds. The van der Waals surface area contributed by atoms with Gasteiger partial charge in [0.05, 0.1) is 0 Å². The van der Waals surface area contributed by atoms with Crippen molar-refractivity contribution >= 4 is 0 Å². The van der Waals surface area contributed by atoms with Crippen LogP contribution in [0.2, 0.25) is 0 Å². The van der Waals surface area contributed by atoms with Gasteiger partial charge in [0.2, 0.25) is 0 Å². The number of hydrogen-bond acceptors (Lipinski definition) is 2. The molecule has 3 rings (SSSR count). The molecule has 0 heterocycles. The Morgan fingerprint density at radius 1 is 1.20 bits per heavy atom. The monoisotopic (exact) mass is 280 g/mol. The molecule has 2 nitrogen and oxygen atoms in total. The van der Waals surface area contributed by atoms with E-state index < -0.39 is 11.6 Å². The number of fused-ring (bicyclic) bond motifs is 2. The highest BCUT2D eigenvalue weighted by molar-refractivity contribution is 5.20. The highest BCUT2D eigenvalue weighted by Crippen LogP contribution is 2.49. The van der Waals surface area contributed by atoms with Crippen molar-refractivity contribution in [2.45, 2.75) is 44.6 Å². The minimum Gasteiger partial charge on any atom is -0.271 e. The Kier molecular flexibility index (Phi) is 4.03. The maximum absolute atomic E-state index is 13.7. The van der Waals surface area contributed by atoms with Crippen LogP contribution in [0.15, 0.2) is 18.2 Å². The highest BCUT2D eigenvalue weighted by Gasteiger charge is 2.40. The Balaban J connectivity index is 1.65. The second kappa shape index (κ2) is 5.78. The smallest absolute Gasteiger partial charge is 0.129 e. The summed E-state index contributed by atoms with van der Waals surface area (Å²) in [4.78, 5) is 0. The second-order valence-electron chi connectivity index (χ2n) is 6.44. The molecule has 2 aliphatic carbocycles. The molecule has 0 saturated heterocycles. The van der Waals surface area contributed by atoms with E-state index in [1.807, 2.05) is 0 Å². The van der Waals surface area contributed by atoms with Gasteiger partial charge in [-0.3, -0.25) is 11.3 Å². The first kappa shape index (κ1) is 14.0. The summed E-state index contributed by atoms with van der Waals surface area (Å²) in [7, 11) is 0. The Morgan fingerprint density at radius 3 is 2.50 bits per heavy atom. The van der Waals surface area contributed by atoms with Crippen molar-refractivity contribution in [3.05, 3.63) is 35.4 Å². The third-order valence-electron chi connectivity index (χ3n) is 5.22. The average molecular weight is 280 g/mol. The standard InChI is InChI=1S/C16H22F2N2/c17-15-2-1-3-16(18)14(15)9-13(20-19)8-12-7-10-4-5-11(12)6-10/h1-3,10-13,20H,4-9,19H2. The van der Waals surface area contributed by atoms with Crippen LogP contribution >= 0.6 is 0 Å². The molecule has 0 aromatic heterocycles. The van der Waals surface area contributed by atoms with Gasteiger partial charge in [0.1, 0.15) is 11.6 Å². The number of rotatable bonds is 5. The van der Waals surface area contributed by atoms with Gasteiger partial charge in [-0.15, -0.1) is 0 Å². The van der Waals surface area contributed by atoms with E-state index in [4.69, 9.17) is 5.84 Å². The van der Waals surface area contributed by atoms with E-state index in [0.717, 1.165) is 18.3 Å². The van der Waals surface area contributed by atoms with E-state index in [1.54, 1.807) is 0 Å². The predicted octanol–water partition coefficient (Wildman–Crippen LogP) is 3.17. The Labute approximate surface area is 118 Å². The van der Waals surface area contributed by atoms with Gasteiger partial charge in [-0.25, -0.2) is 8.78 Å². The van der Waals surface area contributed by atoms with E-state index >= 15 is 0 Å². The minimum absolute atomic E-state index is 0.0502. The van der Waals surface area contributed by atoms with E-state index in [2.05, 4.69) is 5.43 Å². The van der Waals surface area contributed by atoms with Gasteiger partial charge in [-0.2, -0.15) is 0 Å². The van der Waals surface area contributed by atoms with Gasteiger partial charge in [-0.1, -0.05) is 12.5 Å². The summed E-state index contributed by atoms with van der Waals surface area (Å²) in [5.41, 5.74) is 2.91. The van der Waals surface area contributed by atoms with Crippen LogP contribution in [0.3, 0.4) is 0 Å². The summed E-state index contributed by atoms with van der Waals surface area (Å²) in [6.07, 6.45) is 6.54. The van der Waals surface area contributed by atoms with Crippen LogP contribution in [-0.2, 0) is 6.42 Å². The summed E-state index contributed by atoms with van der Waals surface area (Å²) in [6.45, 7) is 0. The molecule has 2 aliphatic rings. The van der Waals surface area contributed by atoms with Crippen LogP contribution in [-0.4, -0.2) is 6.04 Å². The Morgan fingerprint density at radius 2 is 1.95 bits per heavy atom. The van der Waals surface area contributed by atoms with Crippen molar-refractivity contribution in [1.82, 2.24) is 5.43 Å². The first-order valence-corrected chi connectivity index (χ1v) is 7.56. The van der Waals surface area contributed by atoms with Gasteiger partial charge in [-0.05, 0) is 62.0 Å². The third-order valence-corrected chi connectivity index (χ3v) is 5.22. The lowest BCUT2D eigenvalue weighted by atomic mass is 9.83. The molecule has 4 unspecified atom stereocenters. The number of halogens is 2. The lowest BCUT2D eigenvalue weighted by molar-refractivity contribution is 0.276. The maximum atomic E-state index is 13.7. The number of benzene rings is 1. The van der Waals surface area contributed by atoms with Crippen LogP contribution in [0.25, 0.3) is 0 Å². The van der Waals surface area contributed by atoms with Crippen molar-refractivity contribution in [2.75, 3.05) is 0 Å². The van der Waals surface area contributed by atoms with Crippen molar-refractivity contribution in [2.24, 2.45) is 23.6 Å². The van der Waals surface area contributed by atoms with Crippen LogP contribution in [0.4, 0.5) is 8.78 Å². The zero-order valence-corrected chi connectivity index (χ0v) is 11.6. The normalized spacial score (nSPS) is 29.9. The molecule has 110 valence electrons. The molecule has 1 aromatic carbocycles. The molecule has 4 atom stereocenters. The molecule has 2 bridgehead atoms. The summed E-state index contributed by atoms with van der Waals surface area (Å²) in [5.74, 6) is 7.02. The lowest BCUT2D eigenvalue weighted by Gasteiger charge is -2.26. The summed E-state index contributed by atoms with van der Waals surface area (Å²) >= 11 is 0. The number of hydrogen-bond donors (Lipinski definition) is 2. The molecule has 0 radical (unpaired) electrons. The fourth-order valence-corrected chi connectivity index (χ4v) is 4.21. The molecule has 4 heteroatoms. The summed E-state index contributed by atoms with van der Waals surface area (Å²) in [6, 6.07) is 3.97. The van der Waals surface area contributed by atoms with Gasteiger partial charge in [0.25, 0.3) is 0 Å². The SMILES string of the molecule is NNC(Cc1c(F)cccc1F)CC1CC2CCC1C2. The second-order valence-corrected chi connectivity index (χ2v) is 6.44. The van der Waals surface area contributed by atoms with E-state index in [1.165, 1.54) is 43.9 Å². The molecule has 2 fully saturated rings. The van der Waals surface area contributed by atoms with Crippen LogP contribution in [0.5, 0.6) is 0 Å². The predicted molar refractivity (Wildman–Crippen MR) is 74.7 cm³/mol. The molecule has 3 N–H and O–H groups in total. The fourth-order valence-electron chi connectivity index (χ4n) is 4.21. The van der Waals surface area contributed by atoms with E-state index in [9.17, 15) is 8.78 Å². The van der Waals surface area contributed by atoms with Crippen LogP contribution in [0, 0.1) is 29.4 Å². The van der Waals surface area contributed by atoms with Crippen molar-refractivity contribution in [1.29, 1.82) is 0 Å². The topological polar surface area (TPSA) is 38.0 Å². The van der Waals surface area contributed by atoms with Gasteiger partial charge in [0, 0.05) is 11.6 Å². The molecule has 20 heavy (non-hydrogen) atoms. The fraction of sp³-hybridized carbons (Fsp3) is 0.625. The summed E-state index contributed by atoms with van der Waals surface area (Å²) in [5, 5.41) is 0. The Bertz CT molecular complexity index is 457. The first-order chi connectivity index (χ1) is 9.67. The maximum Gasteiger partial charge on any atom is 0.129 e. The molecule has 0 aliphatic heterocycles. The van der Waals surface area contributed by atoms with Gasteiger partial charge < -0.3 is 0 Å². The number of nitrogens with one attached hydrogen (secondary N) is 1. The van der Waals surface area contributed by atoms with Crippen molar-refractivity contribution < 1.29 is 8.78 Å². The first-order valence-electron chi connectivity index (χ1n) is 7.56. The minimum atomic E-state index is -0.474. The molecule has 1 aromatic rings. The zero-order valence-electron chi connectivity index (χ0n) is 11.6. The quantitative estimate of drug-likeness (QED) is 0.642. The van der Waals surface area contributed by atoms with Crippen LogP contribution < -0.4 is 11.3 Å². The number of nitrogens with two attached hydrogens (primary N) is 1. The van der Waals surface area contributed by atoms with E-state index in [-0.39, 0.29) is 11.6 Å². The third kappa shape index (κ3) is 2.72. The van der Waals surface area contributed by atoms with Gasteiger partial charge in [0.15, 0.2) is 0 Å².